The lowest BCUT2D eigenvalue weighted by Crippen LogP contribution is -2.57. The highest BCUT2D eigenvalue weighted by Crippen LogP contribution is 2.39. The molecule has 25 heavy (non-hydrogen) atoms. The molecule has 2 atom stereocenters. The van der Waals surface area contributed by atoms with E-state index in [-0.39, 0.29) is 11.7 Å². The van der Waals surface area contributed by atoms with E-state index in [0.717, 1.165) is 37.7 Å². The number of benzene rings is 1. The monoisotopic (exact) mass is 342 g/mol. The van der Waals surface area contributed by atoms with Gasteiger partial charge in [-0.3, -0.25) is 9.59 Å². The topological polar surface area (TPSA) is 60.9 Å². The van der Waals surface area contributed by atoms with E-state index in [9.17, 15) is 14.7 Å². The predicted octanol–water partition coefficient (Wildman–Crippen LogP) is 2.57. The molecule has 0 unspecified atom stereocenters. The van der Waals surface area contributed by atoms with Gasteiger partial charge in [-0.15, -0.1) is 0 Å². The fourth-order valence-electron chi connectivity index (χ4n) is 4.45. The van der Waals surface area contributed by atoms with Gasteiger partial charge in [0, 0.05) is 31.6 Å². The zero-order valence-electron chi connectivity index (χ0n) is 14.8. The van der Waals surface area contributed by atoms with Crippen molar-refractivity contribution in [3.05, 3.63) is 29.3 Å². The first kappa shape index (κ1) is 16.4. The lowest BCUT2D eigenvalue weighted by Gasteiger charge is -2.47. The van der Waals surface area contributed by atoms with Crippen molar-refractivity contribution in [2.45, 2.75) is 57.5 Å². The van der Waals surface area contributed by atoms with Crippen LogP contribution < -0.4 is 0 Å². The van der Waals surface area contributed by atoms with Gasteiger partial charge in [-0.1, -0.05) is 13.0 Å². The normalized spacial score (nSPS) is 26.5. The third-order valence-corrected chi connectivity index (χ3v) is 6.00. The van der Waals surface area contributed by atoms with Gasteiger partial charge in [-0.25, -0.2) is 0 Å². The fourth-order valence-corrected chi connectivity index (χ4v) is 4.45. The Balaban J connectivity index is 1.48. The summed E-state index contributed by atoms with van der Waals surface area (Å²) in [6.45, 7) is 3.37. The Kier molecular flexibility index (Phi) is 4.18. The number of rotatable bonds is 3. The molecule has 4 rings (SSSR count). The third kappa shape index (κ3) is 3.00. The van der Waals surface area contributed by atoms with Crippen molar-refractivity contribution in [1.29, 1.82) is 0 Å². The zero-order valence-corrected chi connectivity index (χ0v) is 14.8. The number of hydrogen-bond acceptors (Lipinski definition) is 3. The van der Waals surface area contributed by atoms with E-state index in [1.165, 1.54) is 0 Å². The number of hydrogen-bond donors (Lipinski definition) is 1. The first-order valence-electron chi connectivity index (χ1n) is 9.50. The van der Waals surface area contributed by atoms with Crippen molar-refractivity contribution in [3.63, 3.8) is 0 Å². The third-order valence-electron chi connectivity index (χ3n) is 6.00. The van der Waals surface area contributed by atoms with Gasteiger partial charge in [0.2, 0.25) is 5.91 Å². The molecule has 1 saturated carbocycles. The number of likely N-dealkylation sites (tertiary alicyclic amines) is 2. The van der Waals surface area contributed by atoms with Crippen molar-refractivity contribution in [1.82, 2.24) is 9.80 Å². The molecule has 3 aliphatic rings. The van der Waals surface area contributed by atoms with E-state index in [2.05, 4.69) is 4.90 Å². The number of phenolic OH excluding ortho intramolecular Hbond substituents is 1. The van der Waals surface area contributed by atoms with E-state index in [0.29, 0.717) is 49.0 Å². The molecule has 0 aromatic heterocycles. The molecule has 5 nitrogen and oxygen atoms in total. The fraction of sp³-hybridized carbons (Fsp3) is 0.600. The summed E-state index contributed by atoms with van der Waals surface area (Å²) >= 11 is 0. The molecule has 0 bridgehead atoms. The summed E-state index contributed by atoms with van der Waals surface area (Å²) in [4.78, 5) is 29.1. The molecule has 0 spiro atoms. The van der Waals surface area contributed by atoms with Crippen molar-refractivity contribution in [2.75, 3.05) is 13.1 Å². The van der Waals surface area contributed by atoms with E-state index in [1.807, 2.05) is 17.9 Å². The quantitative estimate of drug-likeness (QED) is 0.918. The van der Waals surface area contributed by atoms with Crippen molar-refractivity contribution < 1.29 is 14.7 Å². The number of phenols is 1. The Bertz CT molecular complexity index is 698. The van der Waals surface area contributed by atoms with Gasteiger partial charge in [-0.05, 0) is 55.7 Å². The maximum atomic E-state index is 12.9. The number of aryl methyl sites for hydroxylation is 1. The number of nitrogens with zero attached hydrogens (tertiary/aromatic N) is 2. The maximum Gasteiger partial charge on any atom is 0.257 e. The summed E-state index contributed by atoms with van der Waals surface area (Å²) in [7, 11) is 0. The van der Waals surface area contributed by atoms with Gasteiger partial charge in [0.1, 0.15) is 5.75 Å². The number of fused-ring (bicyclic) bond motifs is 1. The molecule has 2 aliphatic heterocycles. The minimum absolute atomic E-state index is 0.0740. The number of amides is 2. The average Bonchev–Trinajstić information content (AvgIpc) is 3.45. The molecule has 1 N–H and O–H groups in total. The Morgan fingerprint density at radius 3 is 2.72 bits per heavy atom. The molecule has 134 valence electrons. The number of aromatic hydroxyl groups is 1. The molecular weight excluding hydrogens is 316 g/mol. The van der Waals surface area contributed by atoms with Gasteiger partial charge in [0.15, 0.2) is 0 Å². The second kappa shape index (κ2) is 6.36. The lowest BCUT2D eigenvalue weighted by atomic mass is 9.83. The lowest BCUT2D eigenvalue weighted by molar-refractivity contribution is -0.141. The van der Waals surface area contributed by atoms with Crippen LogP contribution in [0.3, 0.4) is 0 Å². The number of carbonyl (C=O) groups is 2. The van der Waals surface area contributed by atoms with E-state index in [1.54, 1.807) is 12.1 Å². The molecule has 0 radical (unpaired) electrons. The van der Waals surface area contributed by atoms with Gasteiger partial charge >= 0.3 is 0 Å². The summed E-state index contributed by atoms with van der Waals surface area (Å²) in [5.41, 5.74) is 1.42. The zero-order chi connectivity index (χ0) is 17.6. The first-order valence-corrected chi connectivity index (χ1v) is 9.50. The highest BCUT2D eigenvalue weighted by Gasteiger charge is 2.45. The van der Waals surface area contributed by atoms with Gasteiger partial charge < -0.3 is 14.9 Å². The van der Waals surface area contributed by atoms with Crippen molar-refractivity contribution in [2.24, 2.45) is 5.92 Å². The molecular formula is C20H26N2O3. The first-order chi connectivity index (χ1) is 12.1. The summed E-state index contributed by atoms with van der Waals surface area (Å²) < 4.78 is 0. The van der Waals surface area contributed by atoms with E-state index >= 15 is 0 Å². The van der Waals surface area contributed by atoms with Crippen LogP contribution in [0.25, 0.3) is 0 Å². The Hall–Kier alpha value is -2.04. The van der Waals surface area contributed by atoms with Crippen LogP contribution in [-0.4, -0.2) is 51.9 Å². The molecule has 1 aliphatic carbocycles. The van der Waals surface area contributed by atoms with Crippen LogP contribution >= 0.6 is 0 Å². The summed E-state index contributed by atoms with van der Waals surface area (Å²) in [6.07, 6.45) is 5.44. The van der Waals surface area contributed by atoms with Crippen LogP contribution in [0.15, 0.2) is 18.2 Å². The van der Waals surface area contributed by atoms with Crippen LogP contribution in [0.5, 0.6) is 5.75 Å². The van der Waals surface area contributed by atoms with Gasteiger partial charge in [0.05, 0.1) is 5.56 Å². The molecule has 1 aromatic rings. The molecule has 2 amide bonds. The molecule has 2 heterocycles. The minimum Gasteiger partial charge on any atom is -0.507 e. The van der Waals surface area contributed by atoms with Crippen LogP contribution in [-0.2, 0) is 11.2 Å². The Morgan fingerprint density at radius 2 is 2.04 bits per heavy atom. The number of piperidine rings is 2. The second-order valence-electron chi connectivity index (χ2n) is 7.64. The van der Waals surface area contributed by atoms with Crippen molar-refractivity contribution >= 4 is 11.8 Å². The highest BCUT2D eigenvalue weighted by molar-refractivity contribution is 5.97. The smallest absolute Gasteiger partial charge is 0.257 e. The van der Waals surface area contributed by atoms with Gasteiger partial charge in [0.25, 0.3) is 5.91 Å². The van der Waals surface area contributed by atoms with Gasteiger partial charge in [-0.2, -0.15) is 0 Å². The molecule has 2 saturated heterocycles. The van der Waals surface area contributed by atoms with E-state index < -0.39 is 0 Å². The largest absolute Gasteiger partial charge is 0.507 e. The summed E-state index contributed by atoms with van der Waals surface area (Å²) in [5, 5.41) is 10.2. The minimum atomic E-state index is -0.0894. The summed E-state index contributed by atoms with van der Waals surface area (Å²) in [5.74, 6) is 0.655. The second-order valence-corrected chi connectivity index (χ2v) is 7.64. The number of carbonyl (C=O) groups excluding carboxylic acids is 2. The standard InChI is InChI=1S/C20H26N2O3/c1-2-13-3-7-16(18(23)11-13)20(25)21-10-9-17-14(12-21)4-8-19(24)22(17)15-5-6-15/h3,7,11,14-15,17,23H,2,4-6,8-10,12H2,1H3/t14-,17+/m1/s1. The Labute approximate surface area is 148 Å². The summed E-state index contributed by atoms with van der Waals surface area (Å²) in [6, 6.07) is 6.09. The van der Waals surface area contributed by atoms with Crippen LogP contribution in [0, 0.1) is 5.92 Å². The average molecular weight is 342 g/mol. The molecule has 5 heteroatoms. The van der Waals surface area contributed by atoms with Crippen LogP contribution in [0.1, 0.15) is 54.9 Å². The van der Waals surface area contributed by atoms with Crippen LogP contribution in [0.4, 0.5) is 0 Å². The van der Waals surface area contributed by atoms with E-state index in [4.69, 9.17) is 0 Å². The van der Waals surface area contributed by atoms with Crippen molar-refractivity contribution in [3.8, 4) is 5.75 Å². The predicted molar refractivity (Wildman–Crippen MR) is 94.4 cm³/mol. The Morgan fingerprint density at radius 1 is 1.24 bits per heavy atom. The molecule has 3 fully saturated rings. The SMILES string of the molecule is CCc1ccc(C(=O)N2CC[C@H]3[C@H](CCC(=O)N3C3CC3)C2)c(O)c1. The molecule has 1 aromatic carbocycles. The highest BCUT2D eigenvalue weighted by atomic mass is 16.3. The maximum absolute atomic E-state index is 12.9. The van der Waals surface area contributed by atoms with Crippen LogP contribution in [0.2, 0.25) is 0 Å².